The van der Waals surface area contributed by atoms with Crippen molar-refractivity contribution in [2.75, 3.05) is 20.3 Å². The SMILES string of the molecule is CCOC(=O)COc1c(C=Nn2c([C@@H](C)CC)nc3ccc(Br)cc3c2=O)cc(Cl)cc1OC. The van der Waals surface area contributed by atoms with E-state index in [2.05, 4.69) is 21.0 Å². The Morgan fingerprint density at radius 2 is 2.06 bits per heavy atom. The molecule has 3 aromatic rings. The molecular formula is C24H25BrClN3O5. The Kier molecular flexibility index (Phi) is 8.68. The normalized spacial score (nSPS) is 12.2. The molecule has 1 aromatic heterocycles. The van der Waals surface area contributed by atoms with Gasteiger partial charge in [0.25, 0.3) is 5.56 Å². The summed E-state index contributed by atoms with van der Waals surface area (Å²) in [7, 11) is 1.46. The first kappa shape index (κ1) is 25.7. The number of aromatic nitrogens is 2. The minimum absolute atomic E-state index is 0.0219. The summed E-state index contributed by atoms with van der Waals surface area (Å²) in [6.07, 6.45) is 2.20. The molecule has 180 valence electrons. The molecule has 2 aromatic carbocycles. The standard InChI is InChI=1S/C24H25BrClN3O5/c1-5-14(3)23-28-19-8-7-16(25)10-18(19)24(31)29(23)27-12-15-9-17(26)11-20(32-4)22(15)34-13-21(30)33-6-2/h7-12,14H,5-6,13H2,1-4H3/t14-/m0/s1. The Hall–Kier alpha value is -2.91. The van der Waals surface area contributed by atoms with Gasteiger partial charge in [-0.3, -0.25) is 4.79 Å². The maximum absolute atomic E-state index is 13.4. The van der Waals surface area contributed by atoms with E-state index in [4.69, 9.17) is 30.8 Å². The molecular weight excluding hydrogens is 526 g/mol. The van der Waals surface area contributed by atoms with Gasteiger partial charge in [0.2, 0.25) is 0 Å². The monoisotopic (exact) mass is 549 g/mol. The summed E-state index contributed by atoms with van der Waals surface area (Å²) >= 11 is 9.66. The number of methoxy groups -OCH3 is 1. The van der Waals surface area contributed by atoms with Gasteiger partial charge in [-0.2, -0.15) is 9.78 Å². The molecule has 0 radical (unpaired) electrons. The van der Waals surface area contributed by atoms with Crippen LogP contribution in [0.3, 0.4) is 0 Å². The largest absolute Gasteiger partial charge is 0.493 e. The number of carbonyl (C=O) groups excluding carboxylic acids is 1. The van der Waals surface area contributed by atoms with Gasteiger partial charge in [0, 0.05) is 27.0 Å². The first-order valence-electron chi connectivity index (χ1n) is 10.7. The van der Waals surface area contributed by atoms with Crippen molar-refractivity contribution in [2.24, 2.45) is 5.10 Å². The molecule has 0 saturated carbocycles. The Balaban J connectivity index is 2.13. The molecule has 0 fully saturated rings. The van der Waals surface area contributed by atoms with Crippen LogP contribution in [0.4, 0.5) is 0 Å². The van der Waals surface area contributed by atoms with Crippen LogP contribution in [0.2, 0.25) is 5.02 Å². The second-order valence-electron chi connectivity index (χ2n) is 7.42. The number of halogens is 2. The van der Waals surface area contributed by atoms with Crippen LogP contribution in [0, 0.1) is 0 Å². The Labute approximate surface area is 210 Å². The van der Waals surface area contributed by atoms with Crippen molar-refractivity contribution in [2.45, 2.75) is 33.1 Å². The molecule has 0 bridgehead atoms. The molecule has 0 aliphatic heterocycles. The molecule has 0 N–H and O–H groups in total. The number of fused-ring (bicyclic) bond motifs is 1. The van der Waals surface area contributed by atoms with Gasteiger partial charge in [0.05, 0.1) is 30.8 Å². The van der Waals surface area contributed by atoms with E-state index < -0.39 is 5.97 Å². The molecule has 10 heteroatoms. The summed E-state index contributed by atoms with van der Waals surface area (Å²) in [5.41, 5.74) is 0.712. The summed E-state index contributed by atoms with van der Waals surface area (Å²) in [5, 5.41) is 5.26. The molecule has 0 unspecified atom stereocenters. The summed E-state index contributed by atoms with van der Waals surface area (Å²) < 4.78 is 18.0. The molecule has 0 aliphatic carbocycles. The summed E-state index contributed by atoms with van der Waals surface area (Å²) in [6, 6.07) is 8.52. The molecule has 0 spiro atoms. The second-order valence-corrected chi connectivity index (χ2v) is 8.77. The van der Waals surface area contributed by atoms with Crippen LogP contribution in [-0.2, 0) is 9.53 Å². The predicted molar refractivity (Wildman–Crippen MR) is 136 cm³/mol. The Morgan fingerprint density at radius 3 is 2.74 bits per heavy atom. The summed E-state index contributed by atoms with van der Waals surface area (Å²) in [6.45, 7) is 5.62. The number of hydrogen-bond acceptors (Lipinski definition) is 7. The lowest BCUT2D eigenvalue weighted by Gasteiger charge is -2.15. The second kappa shape index (κ2) is 11.5. The highest BCUT2D eigenvalue weighted by molar-refractivity contribution is 9.10. The van der Waals surface area contributed by atoms with Crippen molar-refractivity contribution in [3.8, 4) is 11.5 Å². The van der Waals surface area contributed by atoms with Crippen molar-refractivity contribution in [1.82, 2.24) is 9.66 Å². The van der Waals surface area contributed by atoms with Crippen LogP contribution < -0.4 is 15.0 Å². The number of rotatable bonds is 9. The van der Waals surface area contributed by atoms with Gasteiger partial charge in [-0.25, -0.2) is 9.78 Å². The molecule has 1 atom stereocenters. The zero-order valence-corrected chi connectivity index (χ0v) is 21.6. The minimum Gasteiger partial charge on any atom is -0.493 e. The van der Waals surface area contributed by atoms with E-state index in [0.29, 0.717) is 33.1 Å². The molecule has 0 aliphatic rings. The van der Waals surface area contributed by atoms with E-state index in [1.165, 1.54) is 18.0 Å². The lowest BCUT2D eigenvalue weighted by Crippen LogP contribution is -2.23. The first-order chi connectivity index (χ1) is 16.3. The van der Waals surface area contributed by atoms with Crippen LogP contribution in [0.25, 0.3) is 10.9 Å². The maximum atomic E-state index is 13.4. The number of benzene rings is 2. The highest BCUT2D eigenvalue weighted by Gasteiger charge is 2.17. The van der Waals surface area contributed by atoms with Gasteiger partial charge < -0.3 is 14.2 Å². The third kappa shape index (κ3) is 5.77. The fraction of sp³-hybridized carbons (Fsp3) is 0.333. The maximum Gasteiger partial charge on any atom is 0.344 e. The van der Waals surface area contributed by atoms with Crippen LogP contribution in [0.1, 0.15) is 44.5 Å². The Bertz CT molecular complexity index is 1290. The molecule has 1 heterocycles. The van der Waals surface area contributed by atoms with Crippen molar-refractivity contribution < 1.29 is 19.0 Å². The van der Waals surface area contributed by atoms with Crippen molar-refractivity contribution >= 4 is 50.6 Å². The molecule has 0 saturated heterocycles. The van der Waals surface area contributed by atoms with E-state index in [-0.39, 0.29) is 30.4 Å². The third-order valence-corrected chi connectivity index (χ3v) is 5.82. The first-order valence-corrected chi connectivity index (χ1v) is 11.9. The van der Waals surface area contributed by atoms with Gasteiger partial charge in [0.1, 0.15) is 5.82 Å². The average Bonchev–Trinajstić information content (AvgIpc) is 2.82. The van der Waals surface area contributed by atoms with Crippen LogP contribution in [-0.4, -0.2) is 42.2 Å². The molecule has 8 nitrogen and oxygen atoms in total. The van der Waals surface area contributed by atoms with Crippen LogP contribution in [0.15, 0.2) is 44.7 Å². The van der Waals surface area contributed by atoms with Gasteiger partial charge in [-0.1, -0.05) is 41.4 Å². The number of nitrogens with zero attached hydrogens (tertiary/aromatic N) is 3. The molecule has 3 rings (SSSR count). The fourth-order valence-electron chi connectivity index (χ4n) is 3.22. The average molecular weight is 551 g/mol. The van der Waals surface area contributed by atoms with Crippen LogP contribution in [0.5, 0.6) is 11.5 Å². The topological polar surface area (TPSA) is 92.0 Å². The molecule has 34 heavy (non-hydrogen) atoms. The van der Waals surface area contributed by atoms with E-state index in [0.717, 1.165) is 10.9 Å². The van der Waals surface area contributed by atoms with E-state index in [1.54, 1.807) is 31.2 Å². The zero-order chi connectivity index (χ0) is 24.8. The third-order valence-electron chi connectivity index (χ3n) is 5.11. The summed E-state index contributed by atoms with van der Waals surface area (Å²) in [4.78, 5) is 29.9. The van der Waals surface area contributed by atoms with E-state index in [9.17, 15) is 9.59 Å². The minimum atomic E-state index is -0.526. The van der Waals surface area contributed by atoms with Crippen LogP contribution >= 0.6 is 27.5 Å². The van der Waals surface area contributed by atoms with Gasteiger partial charge in [-0.05, 0) is 37.6 Å². The quantitative estimate of drug-likeness (QED) is 0.270. The predicted octanol–water partition coefficient (Wildman–Crippen LogP) is 5.16. The highest BCUT2D eigenvalue weighted by Crippen LogP contribution is 2.34. The Morgan fingerprint density at radius 1 is 1.29 bits per heavy atom. The highest BCUT2D eigenvalue weighted by atomic mass is 79.9. The zero-order valence-electron chi connectivity index (χ0n) is 19.3. The lowest BCUT2D eigenvalue weighted by molar-refractivity contribution is -0.145. The molecule has 0 amide bonds. The number of carbonyl (C=O) groups is 1. The van der Waals surface area contributed by atoms with E-state index in [1.807, 2.05) is 19.9 Å². The fourth-order valence-corrected chi connectivity index (χ4v) is 3.80. The van der Waals surface area contributed by atoms with Gasteiger partial charge in [0.15, 0.2) is 18.1 Å². The van der Waals surface area contributed by atoms with Crippen molar-refractivity contribution in [1.29, 1.82) is 0 Å². The number of hydrogen-bond donors (Lipinski definition) is 0. The van der Waals surface area contributed by atoms with Gasteiger partial charge >= 0.3 is 5.97 Å². The lowest BCUT2D eigenvalue weighted by atomic mass is 10.1. The van der Waals surface area contributed by atoms with E-state index >= 15 is 0 Å². The van der Waals surface area contributed by atoms with Crippen molar-refractivity contribution in [3.05, 3.63) is 61.6 Å². The van der Waals surface area contributed by atoms with Gasteiger partial charge in [-0.15, -0.1) is 0 Å². The van der Waals surface area contributed by atoms with Crippen molar-refractivity contribution in [3.63, 3.8) is 0 Å². The smallest absolute Gasteiger partial charge is 0.344 e. The summed E-state index contributed by atoms with van der Waals surface area (Å²) in [5.74, 6) is 0.543. The number of ether oxygens (including phenoxy) is 3. The number of esters is 1.